The average Bonchev–Trinajstić information content (AvgIpc) is 2.54. The molecule has 1 aliphatic rings. The van der Waals surface area contributed by atoms with Gasteiger partial charge < -0.3 is 10.1 Å². The summed E-state index contributed by atoms with van der Waals surface area (Å²) in [6, 6.07) is 7.22. The van der Waals surface area contributed by atoms with Crippen molar-refractivity contribution in [3.63, 3.8) is 0 Å². The van der Waals surface area contributed by atoms with Crippen molar-refractivity contribution in [2.24, 2.45) is 5.92 Å². The zero-order chi connectivity index (χ0) is 18.6. The Labute approximate surface area is 150 Å². The lowest BCUT2D eigenvalue weighted by Gasteiger charge is -2.32. The van der Waals surface area contributed by atoms with Gasteiger partial charge in [-0.3, -0.25) is 4.79 Å². The number of hydrogen-bond acceptors (Lipinski definition) is 4. The molecule has 25 heavy (non-hydrogen) atoms. The summed E-state index contributed by atoms with van der Waals surface area (Å²) < 4.78 is 32.7. The fourth-order valence-electron chi connectivity index (χ4n) is 2.76. The summed E-state index contributed by atoms with van der Waals surface area (Å²) >= 11 is 0. The first kappa shape index (κ1) is 19.7. The van der Waals surface area contributed by atoms with Crippen LogP contribution in [0.25, 0.3) is 0 Å². The number of nitrogens with one attached hydrogen (secondary N) is 1. The third kappa shape index (κ3) is 5.17. The molecular weight excluding hydrogens is 342 g/mol. The van der Waals surface area contributed by atoms with Gasteiger partial charge in [-0.15, -0.1) is 0 Å². The normalized spacial score (nSPS) is 19.2. The van der Waals surface area contributed by atoms with Gasteiger partial charge in [-0.05, 0) is 38.8 Å². The van der Waals surface area contributed by atoms with Crippen LogP contribution in [0.15, 0.2) is 24.3 Å². The molecule has 1 amide bonds. The highest BCUT2D eigenvalue weighted by molar-refractivity contribution is 7.86. The van der Waals surface area contributed by atoms with Gasteiger partial charge in [-0.25, -0.2) is 0 Å². The maximum atomic E-state index is 12.6. The molecule has 0 radical (unpaired) electrons. The van der Waals surface area contributed by atoms with Crippen LogP contribution >= 0.6 is 0 Å². The Bertz CT molecular complexity index is 704. The second kappa shape index (κ2) is 8.16. The molecule has 0 aliphatic carbocycles. The van der Waals surface area contributed by atoms with Gasteiger partial charge in [0.1, 0.15) is 5.75 Å². The van der Waals surface area contributed by atoms with Crippen LogP contribution < -0.4 is 10.1 Å². The highest BCUT2D eigenvalue weighted by Crippen LogP contribution is 2.23. The smallest absolute Gasteiger partial charge is 0.281 e. The van der Waals surface area contributed by atoms with Gasteiger partial charge in [0.25, 0.3) is 10.2 Å². The van der Waals surface area contributed by atoms with E-state index in [1.165, 1.54) is 22.7 Å². The van der Waals surface area contributed by atoms with Crippen molar-refractivity contribution in [1.29, 1.82) is 0 Å². The Morgan fingerprint density at radius 3 is 2.72 bits per heavy atom. The van der Waals surface area contributed by atoms with Gasteiger partial charge in [0.05, 0.1) is 12.0 Å². The summed E-state index contributed by atoms with van der Waals surface area (Å²) in [4.78, 5) is 12.6. The quantitative estimate of drug-likeness (QED) is 0.831. The van der Waals surface area contributed by atoms with Gasteiger partial charge in [0, 0.05) is 38.9 Å². The monoisotopic (exact) mass is 369 g/mol. The van der Waals surface area contributed by atoms with Crippen molar-refractivity contribution in [3.05, 3.63) is 24.3 Å². The van der Waals surface area contributed by atoms with E-state index in [2.05, 4.69) is 5.32 Å². The maximum absolute atomic E-state index is 12.6. The molecule has 1 N–H and O–H groups in total. The molecule has 1 aromatic rings. The summed E-state index contributed by atoms with van der Waals surface area (Å²) in [5, 5.41) is 2.87. The third-order valence-electron chi connectivity index (χ3n) is 4.02. The van der Waals surface area contributed by atoms with E-state index in [1.54, 1.807) is 12.1 Å². The number of benzene rings is 1. The standard InChI is InChI=1S/C17H27N3O4S/c1-13(2)24-16-9-5-8-15(11-16)18-17(21)14-7-6-10-20(12-14)25(22,23)19(3)4/h5,8-9,11,13-14H,6-7,10,12H2,1-4H3,(H,18,21). The predicted octanol–water partition coefficient (Wildman–Crippen LogP) is 1.93. The molecule has 0 aromatic heterocycles. The number of piperidine rings is 1. The summed E-state index contributed by atoms with van der Waals surface area (Å²) in [7, 11) is -0.494. The average molecular weight is 369 g/mol. The zero-order valence-electron chi connectivity index (χ0n) is 15.2. The van der Waals surface area contributed by atoms with Crippen LogP contribution in [0.2, 0.25) is 0 Å². The molecule has 1 atom stereocenters. The fraction of sp³-hybridized carbons (Fsp3) is 0.588. The van der Waals surface area contributed by atoms with E-state index in [9.17, 15) is 13.2 Å². The molecule has 1 heterocycles. The van der Waals surface area contributed by atoms with Crippen LogP contribution in [0.3, 0.4) is 0 Å². The van der Waals surface area contributed by atoms with Crippen molar-refractivity contribution < 1.29 is 17.9 Å². The molecule has 140 valence electrons. The van der Waals surface area contributed by atoms with E-state index in [0.717, 1.165) is 0 Å². The second-order valence-corrected chi connectivity index (χ2v) is 8.81. The van der Waals surface area contributed by atoms with Crippen molar-refractivity contribution >= 4 is 21.8 Å². The first-order chi connectivity index (χ1) is 11.7. The molecule has 0 saturated carbocycles. The molecule has 1 fully saturated rings. The van der Waals surface area contributed by atoms with Crippen LogP contribution in [0, 0.1) is 5.92 Å². The Hall–Kier alpha value is -1.64. The first-order valence-corrected chi connectivity index (χ1v) is 9.85. The minimum absolute atomic E-state index is 0.0501. The number of carbonyl (C=O) groups is 1. The Morgan fingerprint density at radius 1 is 1.36 bits per heavy atom. The Morgan fingerprint density at radius 2 is 2.08 bits per heavy atom. The fourth-order valence-corrected chi connectivity index (χ4v) is 3.95. The van der Waals surface area contributed by atoms with Gasteiger partial charge in [0.15, 0.2) is 0 Å². The topological polar surface area (TPSA) is 79.0 Å². The van der Waals surface area contributed by atoms with E-state index in [0.29, 0.717) is 30.8 Å². The molecule has 0 spiro atoms. The molecule has 1 unspecified atom stereocenters. The van der Waals surface area contributed by atoms with Gasteiger partial charge in [-0.2, -0.15) is 17.0 Å². The molecule has 1 saturated heterocycles. The largest absolute Gasteiger partial charge is 0.491 e. The number of anilines is 1. The summed E-state index contributed by atoms with van der Waals surface area (Å²) in [5.74, 6) is 0.159. The lowest BCUT2D eigenvalue weighted by molar-refractivity contribution is -0.120. The number of nitrogens with zero attached hydrogens (tertiary/aromatic N) is 2. The number of hydrogen-bond donors (Lipinski definition) is 1. The van der Waals surface area contributed by atoms with Crippen LogP contribution in [-0.4, -0.2) is 56.2 Å². The number of carbonyl (C=O) groups excluding carboxylic acids is 1. The number of amides is 1. The molecule has 1 aromatic carbocycles. The number of rotatable bonds is 6. The van der Waals surface area contributed by atoms with Gasteiger partial charge in [0.2, 0.25) is 5.91 Å². The van der Waals surface area contributed by atoms with Crippen molar-refractivity contribution in [2.75, 3.05) is 32.5 Å². The summed E-state index contributed by atoms with van der Waals surface area (Å²) in [5.41, 5.74) is 0.649. The number of ether oxygens (including phenoxy) is 1. The van der Waals surface area contributed by atoms with Crippen molar-refractivity contribution in [3.8, 4) is 5.75 Å². The van der Waals surface area contributed by atoms with E-state index in [1.807, 2.05) is 26.0 Å². The van der Waals surface area contributed by atoms with Crippen LogP contribution in [0.5, 0.6) is 5.75 Å². The molecule has 8 heteroatoms. The Kier molecular flexibility index (Phi) is 6.42. The molecular formula is C17H27N3O4S. The minimum atomic E-state index is -3.49. The maximum Gasteiger partial charge on any atom is 0.281 e. The summed E-state index contributed by atoms with van der Waals surface area (Å²) in [6.07, 6.45) is 1.39. The third-order valence-corrected chi connectivity index (χ3v) is 5.92. The van der Waals surface area contributed by atoms with Crippen molar-refractivity contribution in [2.45, 2.75) is 32.8 Å². The highest BCUT2D eigenvalue weighted by atomic mass is 32.2. The molecule has 0 bridgehead atoms. The molecule has 1 aliphatic heterocycles. The zero-order valence-corrected chi connectivity index (χ0v) is 16.0. The van der Waals surface area contributed by atoms with E-state index < -0.39 is 10.2 Å². The van der Waals surface area contributed by atoms with Gasteiger partial charge in [-0.1, -0.05) is 6.07 Å². The second-order valence-electron chi connectivity index (χ2n) is 6.67. The van der Waals surface area contributed by atoms with E-state index in [-0.39, 0.29) is 24.5 Å². The van der Waals surface area contributed by atoms with Gasteiger partial charge >= 0.3 is 0 Å². The lowest BCUT2D eigenvalue weighted by Crippen LogP contribution is -2.47. The summed E-state index contributed by atoms with van der Waals surface area (Å²) in [6.45, 7) is 4.52. The highest BCUT2D eigenvalue weighted by Gasteiger charge is 2.33. The van der Waals surface area contributed by atoms with Crippen LogP contribution in [0.1, 0.15) is 26.7 Å². The van der Waals surface area contributed by atoms with E-state index in [4.69, 9.17) is 4.74 Å². The van der Waals surface area contributed by atoms with Crippen molar-refractivity contribution in [1.82, 2.24) is 8.61 Å². The molecule has 7 nitrogen and oxygen atoms in total. The molecule has 2 rings (SSSR count). The minimum Gasteiger partial charge on any atom is -0.491 e. The SMILES string of the molecule is CC(C)Oc1cccc(NC(=O)C2CCCN(S(=O)(=O)N(C)C)C2)c1. The van der Waals surface area contributed by atoms with Crippen LogP contribution in [-0.2, 0) is 15.0 Å². The van der Waals surface area contributed by atoms with Crippen LogP contribution in [0.4, 0.5) is 5.69 Å². The van der Waals surface area contributed by atoms with E-state index >= 15 is 0 Å². The predicted molar refractivity (Wildman–Crippen MR) is 97.7 cm³/mol. The Balaban J connectivity index is 2.03. The lowest BCUT2D eigenvalue weighted by atomic mass is 9.98. The first-order valence-electron chi connectivity index (χ1n) is 8.45.